The molecule has 7 heteroatoms. The van der Waals surface area contributed by atoms with Gasteiger partial charge in [-0.05, 0) is 24.3 Å². The second-order valence-corrected chi connectivity index (χ2v) is 2.67. The second kappa shape index (κ2) is 4.39. The lowest BCUT2D eigenvalue weighted by molar-refractivity contribution is -0.274. The molecule has 0 saturated heterocycles. The van der Waals surface area contributed by atoms with Gasteiger partial charge in [0.25, 0.3) is 0 Å². The minimum Gasteiger partial charge on any atom is -0.414 e. The molecule has 82 valence electrons. The summed E-state index contributed by atoms with van der Waals surface area (Å²) >= 11 is 4.89. The number of ether oxygens (including phenoxy) is 2. The summed E-state index contributed by atoms with van der Waals surface area (Å²) in [6.45, 7) is 0. The summed E-state index contributed by atoms with van der Waals surface area (Å²) in [7, 11) is 0. The van der Waals surface area contributed by atoms with Crippen molar-refractivity contribution in [2.24, 2.45) is 0 Å². The van der Waals surface area contributed by atoms with Gasteiger partial charge >= 0.3 is 11.8 Å². The van der Waals surface area contributed by atoms with Crippen LogP contribution in [0.15, 0.2) is 24.3 Å². The number of carbonyl (C=O) groups excluding carboxylic acids is 1. The number of hydrogen-bond acceptors (Lipinski definition) is 3. The molecule has 15 heavy (non-hydrogen) atoms. The topological polar surface area (TPSA) is 35.5 Å². The van der Waals surface area contributed by atoms with Crippen LogP contribution in [0.4, 0.5) is 18.0 Å². The number of carbonyl (C=O) groups is 1. The molecule has 1 aromatic rings. The van der Waals surface area contributed by atoms with E-state index in [1.165, 1.54) is 0 Å². The van der Waals surface area contributed by atoms with E-state index >= 15 is 0 Å². The monoisotopic (exact) mass is 240 g/mol. The number of benzene rings is 1. The van der Waals surface area contributed by atoms with Gasteiger partial charge in [0.2, 0.25) is 0 Å². The van der Waals surface area contributed by atoms with E-state index < -0.39 is 17.5 Å². The number of alkyl halides is 3. The Morgan fingerprint density at radius 3 is 2.00 bits per heavy atom. The Balaban J connectivity index is 2.68. The molecule has 0 aliphatic rings. The molecule has 1 rings (SSSR count). The highest BCUT2D eigenvalue weighted by atomic mass is 35.5. The Hall–Kier alpha value is -1.43. The molecule has 3 nitrogen and oxygen atoms in total. The van der Waals surface area contributed by atoms with Crippen LogP contribution >= 0.6 is 11.6 Å². The molecule has 0 aliphatic carbocycles. The Morgan fingerprint density at radius 2 is 1.60 bits per heavy atom. The van der Waals surface area contributed by atoms with E-state index in [-0.39, 0.29) is 5.75 Å². The third kappa shape index (κ3) is 4.55. The van der Waals surface area contributed by atoms with Gasteiger partial charge in [-0.15, -0.1) is 13.2 Å². The van der Waals surface area contributed by atoms with Gasteiger partial charge in [0.15, 0.2) is 0 Å². The number of hydrogen-bond donors (Lipinski definition) is 0. The highest BCUT2D eigenvalue weighted by molar-refractivity contribution is 6.61. The van der Waals surface area contributed by atoms with E-state index in [9.17, 15) is 18.0 Å². The van der Waals surface area contributed by atoms with Crippen molar-refractivity contribution in [3.8, 4) is 11.5 Å². The van der Waals surface area contributed by atoms with Crippen LogP contribution in [0.2, 0.25) is 0 Å². The summed E-state index contributed by atoms with van der Waals surface area (Å²) in [6, 6.07) is 4.26. The van der Waals surface area contributed by atoms with E-state index in [2.05, 4.69) is 9.47 Å². The van der Waals surface area contributed by atoms with Gasteiger partial charge < -0.3 is 9.47 Å². The highest BCUT2D eigenvalue weighted by Crippen LogP contribution is 2.24. The minimum atomic E-state index is -4.75. The van der Waals surface area contributed by atoms with Crippen LogP contribution in [0, 0.1) is 0 Å². The van der Waals surface area contributed by atoms with Crippen molar-refractivity contribution in [1.29, 1.82) is 0 Å². The summed E-state index contributed by atoms with van der Waals surface area (Å²) in [4.78, 5) is 10.3. The van der Waals surface area contributed by atoms with Gasteiger partial charge in [0.05, 0.1) is 0 Å². The second-order valence-electron chi connectivity index (χ2n) is 2.36. The van der Waals surface area contributed by atoms with E-state index in [0.717, 1.165) is 24.3 Å². The number of rotatable bonds is 2. The molecule has 0 aliphatic heterocycles. The predicted octanol–water partition coefficient (Wildman–Crippen LogP) is 3.32. The molecule has 0 spiro atoms. The van der Waals surface area contributed by atoms with Crippen molar-refractivity contribution in [3.05, 3.63) is 24.3 Å². The maximum Gasteiger partial charge on any atom is 0.573 e. The normalized spacial score (nSPS) is 10.9. The summed E-state index contributed by atoms with van der Waals surface area (Å²) in [6.07, 6.45) is -4.75. The Kier molecular flexibility index (Phi) is 3.41. The van der Waals surface area contributed by atoms with Crippen molar-refractivity contribution < 1.29 is 27.4 Å². The molecule has 0 radical (unpaired) electrons. The molecule has 0 amide bonds. The van der Waals surface area contributed by atoms with Gasteiger partial charge in [-0.3, -0.25) is 0 Å². The molecule has 0 heterocycles. The van der Waals surface area contributed by atoms with Crippen molar-refractivity contribution in [2.45, 2.75) is 6.36 Å². The van der Waals surface area contributed by atoms with Gasteiger partial charge in [-0.1, -0.05) is 0 Å². The lowest BCUT2D eigenvalue weighted by atomic mass is 10.3. The molecular formula is C8H4ClF3O3. The molecule has 0 saturated carbocycles. The van der Waals surface area contributed by atoms with Crippen LogP contribution in [0.5, 0.6) is 11.5 Å². The SMILES string of the molecule is O=C(Cl)Oc1ccc(OC(F)(F)F)cc1. The molecule has 0 N–H and O–H groups in total. The average molecular weight is 241 g/mol. The molecule has 0 atom stereocenters. The standard InChI is InChI=1S/C8H4ClF3O3/c9-7(13)14-5-1-3-6(4-2-5)15-8(10,11)12/h1-4H. The summed E-state index contributed by atoms with van der Waals surface area (Å²) in [5.74, 6) is -0.374. The zero-order valence-electron chi connectivity index (χ0n) is 7.05. The molecular weight excluding hydrogens is 237 g/mol. The lowest BCUT2D eigenvalue weighted by Crippen LogP contribution is -2.16. The van der Waals surface area contributed by atoms with Crippen LogP contribution < -0.4 is 9.47 Å². The fraction of sp³-hybridized carbons (Fsp3) is 0.125. The molecule has 0 aromatic heterocycles. The number of halogens is 4. The van der Waals surface area contributed by atoms with Crippen molar-refractivity contribution in [3.63, 3.8) is 0 Å². The fourth-order valence-electron chi connectivity index (χ4n) is 0.802. The van der Waals surface area contributed by atoms with Crippen LogP contribution in [-0.2, 0) is 0 Å². The van der Waals surface area contributed by atoms with Crippen LogP contribution in [0.1, 0.15) is 0 Å². The summed E-state index contributed by atoms with van der Waals surface area (Å²) in [5, 5.41) is 0. The van der Waals surface area contributed by atoms with Gasteiger partial charge in [-0.25, -0.2) is 4.79 Å². The maximum absolute atomic E-state index is 11.7. The van der Waals surface area contributed by atoms with E-state index in [4.69, 9.17) is 11.6 Å². The zero-order chi connectivity index (χ0) is 11.5. The van der Waals surface area contributed by atoms with E-state index in [0.29, 0.717) is 0 Å². The van der Waals surface area contributed by atoms with Crippen molar-refractivity contribution >= 4 is 17.0 Å². The van der Waals surface area contributed by atoms with Gasteiger partial charge in [0, 0.05) is 11.6 Å². The van der Waals surface area contributed by atoms with Crippen molar-refractivity contribution in [2.75, 3.05) is 0 Å². The maximum atomic E-state index is 11.7. The Morgan fingerprint density at radius 1 is 1.13 bits per heavy atom. The fourth-order valence-corrected chi connectivity index (χ4v) is 0.891. The Bertz CT molecular complexity index is 347. The largest absolute Gasteiger partial charge is 0.573 e. The first kappa shape index (κ1) is 11.6. The van der Waals surface area contributed by atoms with Crippen LogP contribution in [-0.4, -0.2) is 11.8 Å². The third-order valence-electron chi connectivity index (χ3n) is 1.26. The van der Waals surface area contributed by atoms with Crippen molar-refractivity contribution in [1.82, 2.24) is 0 Å². The predicted molar refractivity (Wildman–Crippen MR) is 45.0 cm³/mol. The first-order valence-corrected chi connectivity index (χ1v) is 3.98. The first-order chi connectivity index (χ1) is 6.87. The quantitative estimate of drug-likeness (QED) is 0.744. The van der Waals surface area contributed by atoms with Crippen LogP contribution in [0.25, 0.3) is 0 Å². The van der Waals surface area contributed by atoms with Gasteiger partial charge in [0.1, 0.15) is 11.5 Å². The Labute approximate surface area is 87.3 Å². The average Bonchev–Trinajstić information content (AvgIpc) is 2.05. The smallest absolute Gasteiger partial charge is 0.414 e. The third-order valence-corrected chi connectivity index (χ3v) is 1.33. The molecule has 0 bridgehead atoms. The first-order valence-electron chi connectivity index (χ1n) is 3.60. The van der Waals surface area contributed by atoms with E-state index in [1.807, 2.05) is 0 Å². The van der Waals surface area contributed by atoms with E-state index in [1.54, 1.807) is 0 Å². The highest BCUT2D eigenvalue weighted by Gasteiger charge is 2.30. The molecule has 1 aromatic carbocycles. The molecule has 0 unspecified atom stereocenters. The zero-order valence-corrected chi connectivity index (χ0v) is 7.80. The van der Waals surface area contributed by atoms with Gasteiger partial charge in [-0.2, -0.15) is 0 Å². The molecule has 0 fully saturated rings. The lowest BCUT2D eigenvalue weighted by Gasteiger charge is -2.08. The minimum absolute atomic E-state index is 0.0320. The summed E-state index contributed by atoms with van der Waals surface area (Å²) < 4.78 is 43.1. The van der Waals surface area contributed by atoms with Crippen LogP contribution in [0.3, 0.4) is 0 Å². The summed E-state index contributed by atoms with van der Waals surface area (Å²) in [5.41, 5.74) is -1.07.